The fraction of sp³-hybridized carbons (Fsp3) is 0.400. The summed E-state index contributed by atoms with van der Waals surface area (Å²) in [5.74, 6) is 0. The van der Waals surface area contributed by atoms with E-state index in [1.54, 1.807) is 18.0 Å². The lowest BCUT2D eigenvalue weighted by Crippen LogP contribution is -2.20. The molecule has 0 amide bonds. The summed E-state index contributed by atoms with van der Waals surface area (Å²) in [5, 5.41) is 11.2. The Bertz CT molecular complexity index is 543. The fourth-order valence-electron chi connectivity index (χ4n) is 1.79. The molecule has 102 valence electrons. The molecule has 4 heteroatoms. The monoisotopic (exact) mass is 276 g/mol. The molecule has 2 rings (SSSR count). The van der Waals surface area contributed by atoms with Crippen molar-refractivity contribution in [1.82, 2.24) is 9.55 Å². The molecule has 0 aliphatic carbocycles. The van der Waals surface area contributed by atoms with Crippen LogP contribution in [-0.2, 0) is 7.05 Å². The smallest absolute Gasteiger partial charge is 0.172 e. The van der Waals surface area contributed by atoms with Crippen molar-refractivity contribution < 1.29 is 5.11 Å². The molecule has 1 heterocycles. The van der Waals surface area contributed by atoms with Gasteiger partial charge in [-0.15, -0.1) is 0 Å². The Balaban J connectivity index is 2.24. The minimum Gasteiger partial charge on any atom is -0.386 e. The lowest BCUT2D eigenvalue weighted by Gasteiger charge is -2.26. The minimum atomic E-state index is -0.518. The van der Waals surface area contributed by atoms with Crippen molar-refractivity contribution >= 4 is 11.8 Å². The quantitative estimate of drug-likeness (QED) is 0.930. The van der Waals surface area contributed by atoms with Crippen LogP contribution in [0.2, 0.25) is 0 Å². The highest BCUT2D eigenvalue weighted by Crippen LogP contribution is 2.35. The minimum absolute atomic E-state index is 0.192. The van der Waals surface area contributed by atoms with Crippen LogP contribution in [0.25, 0.3) is 0 Å². The van der Waals surface area contributed by atoms with Crippen molar-refractivity contribution in [3.63, 3.8) is 0 Å². The van der Waals surface area contributed by atoms with Crippen LogP contribution in [0.5, 0.6) is 0 Å². The molecule has 3 nitrogen and oxygen atoms in total. The van der Waals surface area contributed by atoms with E-state index in [1.807, 2.05) is 50.6 Å². The zero-order valence-electron chi connectivity index (χ0n) is 11.8. The number of nitrogens with zero attached hydrogens (tertiary/aromatic N) is 2. The summed E-state index contributed by atoms with van der Waals surface area (Å²) in [4.78, 5) is 5.56. The maximum atomic E-state index is 10.3. The molecule has 19 heavy (non-hydrogen) atoms. The highest BCUT2D eigenvalue weighted by atomic mass is 32.2. The van der Waals surface area contributed by atoms with Crippen molar-refractivity contribution in [1.29, 1.82) is 0 Å². The van der Waals surface area contributed by atoms with Crippen LogP contribution in [0.15, 0.2) is 46.6 Å². The first-order valence-electron chi connectivity index (χ1n) is 6.32. The largest absolute Gasteiger partial charge is 0.386 e. The van der Waals surface area contributed by atoms with Crippen molar-refractivity contribution in [2.24, 2.45) is 12.5 Å². The number of aliphatic hydroxyl groups excluding tert-OH is 1. The summed E-state index contributed by atoms with van der Waals surface area (Å²) in [5.41, 5.74) is 0.661. The molecule has 0 fully saturated rings. The van der Waals surface area contributed by atoms with Crippen molar-refractivity contribution in [3.05, 3.63) is 42.2 Å². The van der Waals surface area contributed by atoms with Gasteiger partial charge in [-0.05, 0) is 17.5 Å². The van der Waals surface area contributed by atoms with E-state index in [-0.39, 0.29) is 5.41 Å². The maximum Gasteiger partial charge on any atom is 0.172 e. The van der Waals surface area contributed by atoms with E-state index >= 15 is 0 Å². The van der Waals surface area contributed by atoms with E-state index in [0.717, 1.165) is 15.7 Å². The second-order valence-corrected chi connectivity index (χ2v) is 6.75. The van der Waals surface area contributed by atoms with Gasteiger partial charge >= 0.3 is 0 Å². The van der Waals surface area contributed by atoms with Gasteiger partial charge in [0.1, 0.15) is 6.10 Å². The van der Waals surface area contributed by atoms with Crippen molar-refractivity contribution in [2.45, 2.75) is 36.9 Å². The predicted octanol–water partition coefficient (Wildman–Crippen LogP) is 3.65. The molecule has 0 aliphatic rings. The van der Waals surface area contributed by atoms with Gasteiger partial charge in [0.2, 0.25) is 0 Å². The van der Waals surface area contributed by atoms with Crippen LogP contribution in [0.4, 0.5) is 0 Å². The van der Waals surface area contributed by atoms with Gasteiger partial charge in [-0.2, -0.15) is 0 Å². The molecule has 1 aromatic heterocycles. The average Bonchev–Trinajstić information content (AvgIpc) is 2.70. The zero-order chi connectivity index (χ0) is 14.0. The molecule has 0 aliphatic heterocycles. The summed E-state index contributed by atoms with van der Waals surface area (Å²) in [6, 6.07) is 10.1. The summed E-state index contributed by atoms with van der Waals surface area (Å²) >= 11 is 1.60. The average molecular weight is 276 g/mol. The second kappa shape index (κ2) is 5.39. The third-order valence-electron chi connectivity index (χ3n) is 3.03. The molecule has 1 atom stereocenters. The third-order valence-corrected chi connectivity index (χ3v) is 4.10. The fourth-order valence-corrected chi connectivity index (χ4v) is 2.64. The van der Waals surface area contributed by atoms with Crippen LogP contribution in [0, 0.1) is 5.41 Å². The van der Waals surface area contributed by atoms with Crippen LogP contribution in [0.1, 0.15) is 32.6 Å². The van der Waals surface area contributed by atoms with Gasteiger partial charge in [-0.25, -0.2) is 4.98 Å². The topological polar surface area (TPSA) is 38.0 Å². The molecular weight excluding hydrogens is 256 g/mol. The summed E-state index contributed by atoms with van der Waals surface area (Å²) in [6.45, 7) is 6.07. The van der Waals surface area contributed by atoms with Gasteiger partial charge in [-0.3, -0.25) is 0 Å². The number of imidazole rings is 1. The molecule has 0 saturated heterocycles. The van der Waals surface area contributed by atoms with E-state index in [1.165, 1.54) is 0 Å². The van der Waals surface area contributed by atoms with Gasteiger partial charge in [0.15, 0.2) is 5.16 Å². The van der Waals surface area contributed by atoms with Crippen molar-refractivity contribution in [3.8, 4) is 0 Å². The Kier molecular flexibility index (Phi) is 4.02. The molecule has 0 spiro atoms. The third kappa shape index (κ3) is 3.19. The summed E-state index contributed by atoms with van der Waals surface area (Å²) in [7, 11) is 1.95. The Morgan fingerprint density at radius 2 is 1.84 bits per heavy atom. The normalized spacial score (nSPS) is 13.5. The maximum absolute atomic E-state index is 10.3. The van der Waals surface area contributed by atoms with Gasteiger partial charge in [-0.1, -0.05) is 50.7 Å². The molecular formula is C15H20N2OS. The van der Waals surface area contributed by atoms with E-state index in [9.17, 15) is 5.11 Å². The van der Waals surface area contributed by atoms with Gasteiger partial charge < -0.3 is 9.67 Å². The van der Waals surface area contributed by atoms with Gasteiger partial charge in [0.25, 0.3) is 0 Å². The highest BCUT2D eigenvalue weighted by molar-refractivity contribution is 7.99. The predicted molar refractivity (Wildman–Crippen MR) is 78.2 cm³/mol. The summed E-state index contributed by atoms with van der Waals surface area (Å²) < 4.78 is 1.97. The highest BCUT2D eigenvalue weighted by Gasteiger charge is 2.27. The Morgan fingerprint density at radius 3 is 2.42 bits per heavy atom. The lowest BCUT2D eigenvalue weighted by atomic mass is 9.87. The van der Waals surface area contributed by atoms with Crippen LogP contribution in [0.3, 0.4) is 0 Å². The number of benzene rings is 1. The van der Waals surface area contributed by atoms with Crippen LogP contribution in [-0.4, -0.2) is 14.7 Å². The van der Waals surface area contributed by atoms with E-state index < -0.39 is 6.10 Å². The zero-order valence-corrected chi connectivity index (χ0v) is 12.6. The van der Waals surface area contributed by atoms with Gasteiger partial charge in [0, 0.05) is 11.9 Å². The molecule has 1 aromatic carbocycles. The van der Waals surface area contributed by atoms with Crippen molar-refractivity contribution in [2.75, 3.05) is 0 Å². The number of aliphatic hydroxyl groups is 1. The molecule has 0 saturated carbocycles. The lowest BCUT2D eigenvalue weighted by molar-refractivity contribution is 0.0559. The Morgan fingerprint density at radius 1 is 1.21 bits per heavy atom. The molecule has 1 unspecified atom stereocenters. The summed E-state index contributed by atoms with van der Waals surface area (Å²) in [6.07, 6.45) is 1.25. The molecule has 0 radical (unpaired) electrons. The first-order chi connectivity index (χ1) is 8.89. The number of rotatable bonds is 3. The van der Waals surface area contributed by atoms with Gasteiger partial charge in [0.05, 0.1) is 11.9 Å². The van der Waals surface area contributed by atoms with Crippen LogP contribution >= 0.6 is 11.8 Å². The number of aromatic nitrogens is 2. The van der Waals surface area contributed by atoms with E-state index in [2.05, 4.69) is 17.1 Å². The second-order valence-electron chi connectivity index (χ2n) is 5.71. The first-order valence-corrected chi connectivity index (χ1v) is 7.14. The number of hydrogen-bond acceptors (Lipinski definition) is 3. The SMILES string of the molecule is Cn1c(C(O)C(C)(C)C)cnc1Sc1ccccc1. The molecule has 1 N–H and O–H groups in total. The molecule has 0 bridgehead atoms. The Labute approximate surface area is 118 Å². The van der Waals surface area contributed by atoms with E-state index in [0.29, 0.717) is 0 Å². The standard InChI is InChI=1S/C15H20N2OS/c1-15(2,3)13(18)12-10-16-14(17(12)4)19-11-8-6-5-7-9-11/h5-10,13,18H,1-4H3. The number of hydrogen-bond donors (Lipinski definition) is 1. The molecule has 2 aromatic rings. The Hall–Kier alpha value is -1.26. The first kappa shape index (κ1) is 14.2. The van der Waals surface area contributed by atoms with E-state index in [4.69, 9.17) is 0 Å². The van der Waals surface area contributed by atoms with Crippen LogP contribution < -0.4 is 0 Å².